The lowest BCUT2D eigenvalue weighted by Crippen LogP contribution is -2.33. The number of aromatic nitrogens is 2. The second-order valence-electron chi connectivity index (χ2n) is 4.17. The van der Waals surface area contributed by atoms with Gasteiger partial charge in [0.25, 0.3) is 5.56 Å². The summed E-state index contributed by atoms with van der Waals surface area (Å²) >= 11 is 1.32. The molecule has 0 amide bonds. The number of aromatic amines is 1. The van der Waals surface area contributed by atoms with E-state index < -0.39 is 11.5 Å². The van der Waals surface area contributed by atoms with Gasteiger partial charge in [0, 0.05) is 0 Å². The Balaban J connectivity index is 2.41. The molecule has 0 atom stereocenters. The lowest BCUT2D eigenvalue weighted by molar-refractivity contribution is 0.627. The molecule has 6 heteroatoms. The molecule has 0 saturated carbocycles. The Bertz CT molecular complexity index is 874. The number of hydrogen-bond donors (Lipinski definition) is 1. The monoisotopic (exact) mass is 276 g/mol. The number of aryl methyl sites for hydroxylation is 1. The molecule has 2 aromatic heterocycles. The molecule has 4 nitrogen and oxygen atoms in total. The molecule has 19 heavy (non-hydrogen) atoms. The smallest absolute Gasteiger partial charge is 0.298 e. The zero-order valence-corrected chi connectivity index (χ0v) is 10.8. The predicted octanol–water partition coefficient (Wildman–Crippen LogP) is 2.19. The Morgan fingerprint density at radius 1 is 1.21 bits per heavy atom. The van der Waals surface area contributed by atoms with Gasteiger partial charge in [-0.25, -0.2) is 13.8 Å². The lowest BCUT2D eigenvalue weighted by Gasteiger charge is -2.04. The zero-order chi connectivity index (χ0) is 13.6. The minimum Gasteiger partial charge on any atom is -0.298 e. The van der Waals surface area contributed by atoms with Crippen LogP contribution in [0.15, 0.2) is 39.2 Å². The molecule has 0 saturated heterocycles. The van der Waals surface area contributed by atoms with Crippen LogP contribution in [0, 0.1) is 12.7 Å². The fourth-order valence-corrected chi connectivity index (χ4v) is 2.91. The van der Waals surface area contributed by atoms with E-state index in [-0.39, 0.29) is 5.56 Å². The number of nitrogens with zero attached hydrogens (tertiary/aromatic N) is 1. The van der Waals surface area contributed by atoms with Crippen LogP contribution in [-0.4, -0.2) is 9.55 Å². The number of nitrogens with one attached hydrogen (secondary N) is 1. The van der Waals surface area contributed by atoms with E-state index in [1.807, 2.05) is 12.3 Å². The summed E-state index contributed by atoms with van der Waals surface area (Å²) in [5.41, 5.74) is 0.257. The quantitative estimate of drug-likeness (QED) is 0.740. The van der Waals surface area contributed by atoms with Crippen molar-refractivity contribution < 1.29 is 4.39 Å². The summed E-state index contributed by atoms with van der Waals surface area (Å²) in [5, 5.41) is 2.31. The summed E-state index contributed by atoms with van der Waals surface area (Å²) in [7, 11) is 0. The Morgan fingerprint density at radius 2 is 1.89 bits per heavy atom. The van der Waals surface area contributed by atoms with E-state index in [0.717, 1.165) is 10.1 Å². The lowest BCUT2D eigenvalue weighted by atomic mass is 10.2. The van der Waals surface area contributed by atoms with Gasteiger partial charge in [-0.2, -0.15) is 0 Å². The van der Waals surface area contributed by atoms with E-state index in [1.165, 1.54) is 35.6 Å². The van der Waals surface area contributed by atoms with Crippen LogP contribution in [-0.2, 0) is 0 Å². The maximum absolute atomic E-state index is 12.9. The minimum atomic E-state index is -0.522. The summed E-state index contributed by atoms with van der Waals surface area (Å²) in [6, 6.07) is 5.23. The first kappa shape index (κ1) is 11.9. The largest absolute Gasteiger partial charge is 0.334 e. The highest BCUT2D eigenvalue weighted by Gasteiger charge is 2.12. The molecular weight excluding hydrogens is 267 g/mol. The van der Waals surface area contributed by atoms with Gasteiger partial charge in [-0.3, -0.25) is 9.78 Å². The van der Waals surface area contributed by atoms with Crippen molar-refractivity contribution in [3.8, 4) is 5.69 Å². The number of hydrogen-bond acceptors (Lipinski definition) is 3. The highest BCUT2D eigenvalue weighted by molar-refractivity contribution is 7.16. The number of halogens is 1. The first-order valence-corrected chi connectivity index (χ1v) is 6.45. The van der Waals surface area contributed by atoms with Crippen LogP contribution in [0.1, 0.15) is 5.56 Å². The molecule has 2 heterocycles. The summed E-state index contributed by atoms with van der Waals surface area (Å²) in [6.45, 7) is 1.81. The van der Waals surface area contributed by atoms with Gasteiger partial charge < -0.3 is 0 Å². The molecule has 0 aliphatic heterocycles. The van der Waals surface area contributed by atoms with Crippen molar-refractivity contribution in [2.75, 3.05) is 0 Å². The Kier molecular flexibility index (Phi) is 2.60. The second-order valence-corrected chi connectivity index (χ2v) is 5.05. The van der Waals surface area contributed by atoms with Gasteiger partial charge in [0.05, 0.1) is 11.1 Å². The molecule has 96 valence electrons. The normalized spacial score (nSPS) is 11.1. The number of fused-ring (bicyclic) bond motifs is 1. The van der Waals surface area contributed by atoms with Crippen LogP contribution >= 0.6 is 11.3 Å². The molecule has 3 aromatic rings. The second kappa shape index (κ2) is 4.17. The summed E-state index contributed by atoms with van der Waals surface area (Å²) in [6.07, 6.45) is 0. The Labute approximate surface area is 110 Å². The molecule has 0 spiro atoms. The average molecular weight is 276 g/mol. The fraction of sp³-hybridized carbons (Fsp3) is 0.0769. The third kappa shape index (κ3) is 1.80. The topological polar surface area (TPSA) is 54.9 Å². The van der Waals surface area contributed by atoms with E-state index in [0.29, 0.717) is 15.9 Å². The van der Waals surface area contributed by atoms with Crippen LogP contribution in [0.25, 0.3) is 15.9 Å². The third-order valence-corrected chi connectivity index (χ3v) is 3.91. The van der Waals surface area contributed by atoms with Crippen LogP contribution in [0.4, 0.5) is 4.39 Å². The number of H-pyrrole nitrogens is 1. The maximum atomic E-state index is 12.9. The van der Waals surface area contributed by atoms with Crippen LogP contribution in [0.2, 0.25) is 0 Å². The van der Waals surface area contributed by atoms with Gasteiger partial charge >= 0.3 is 5.69 Å². The molecule has 1 N–H and O–H groups in total. The van der Waals surface area contributed by atoms with Crippen molar-refractivity contribution in [3.63, 3.8) is 0 Å². The molecule has 0 aliphatic carbocycles. The van der Waals surface area contributed by atoms with Gasteiger partial charge in [-0.1, -0.05) is 0 Å². The number of rotatable bonds is 1. The van der Waals surface area contributed by atoms with E-state index in [1.54, 1.807) is 0 Å². The Morgan fingerprint density at radius 3 is 2.58 bits per heavy atom. The van der Waals surface area contributed by atoms with E-state index in [4.69, 9.17) is 0 Å². The van der Waals surface area contributed by atoms with Gasteiger partial charge in [-0.15, -0.1) is 11.3 Å². The first-order chi connectivity index (χ1) is 9.08. The average Bonchev–Trinajstić information content (AvgIpc) is 2.73. The molecule has 0 bridgehead atoms. The van der Waals surface area contributed by atoms with Crippen molar-refractivity contribution >= 4 is 21.6 Å². The van der Waals surface area contributed by atoms with Gasteiger partial charge in [0.15, 0.2) is 0 Å². The maximum Gasteiger partial charge on any atom is 0.334 e. The van der Waals surface area contributed by atoms with Crippen molar-refractivity contribution in [2.24, 2.45) is 0 Å². The van der Waals surface area contributed by atoms with Gasteiger partial charge in [0.1, 0.15) is 10.6 Å². The van der Waals surface area contributed by atoms with Crippen LogP contribution < -0.4 is 11.2 Å². The van der Waals surface area contributed by atoms with E-state index in [9.17, 15) is 14.0 Å². The SMILES string of the molecule is Cc1csc2[nH]c(=O)n(-c3ccc(F)cc3)c(=O)c12. The molecular formula is C13H9FN2O2S. The fourth-order valence-electron chi connectivity index (χ4n) is 1.98. The van der Waals surface area contributed by atoms with Crippen molar-refractivity contribution in [1.29, 1.82) is 0 Å². The highest BCUT2D eigenvalue weighted by atomic mass is 32.1. The summed E-state index contributed by atoms with van der Waals surface area (Å²) in [5.74, 6) is -0.416. The van der Waals surface area contributed by atoms with Gasteiger partial charge in [-0.05, 0) is 42.1 Å². The summed E-state index contributed by atoms with van der Waals surface area (Å²) in [4.78, 5) is 27.6. The minimum absolute atomic E-state index is 0.347. The summed E-state index contributed by atoms with van der Waals surface area (Å²) < 4.78 is 13.9. The standard InChI is InChI=1S/C13H9FN2O2S/c1-7-6-19-11-10(7)12(17)16(13(18)15-11)9-4-2-8(14)3-5-9/h2-6H,1H3,(H,15,18). The number of benzene rings is 1. The third-order valence-electron chi connectivity index (χ3n) is 2.90. The molecule has 0 fully saturated rings. The molecule has 0 radical (unpaired) electrons. The van der Waals surface area contributed by atoms with Crippen molar-refractivity contribution in [2.45, 2.75) is 6.92 Å². The predicted molar refractivity (Wildman–Crippen MR) is 72.7 cm³/mol. The van der Waals surface area contributed by atoms with Crippen LogP contribution in [0.5, 0.6) is 0 Å². The van der Waals surface area contributed by atoms with Crippen LogP contribution in [0.3, 0.4) is 0 Å². The van der Waals surface area contributed by atoms with E-state index >= 15 is 0 Å². The molecule has 1 aromatic carbocycles. The van der Waals surface area contributed by atoms with Crippen molar-refractivity contribution in [1.82, 2.24) is 9.55 Å². The molecule has 3 rings (SSSR count). The van der Waals surface area contributed by atoms with E-state index in [2.05, 4.69) is 4.98 Å². The number of thiophene rings is 1. The van der Waals surface area contributed by atoms with Gasteiger partial charge in [0.2, 0.25) is 0 Å². The first-order valence-electron chi connectivity index (χ1n) is 5.57. The molecule has 0 unspecified atom stereocenters. The Hall–Kier alpha value is -2.21. The highest BCUT2D eigenvalue weighted by Crippen LogP contribution is 2.19. The zero-order valence-electron chi connectivity index (χ0n) is 9.94. The molecule has 0 aliphatic rings. The van der Waals surface area contributed by atoms with Crippen molar-refractivity contribution in [3.05, 3.63) is 61.9 Å².